The van der Waals surface area contributed by atoms with Gasteiger partial charge in [-0.1, -0.05) is 17.3 Å². The molecule has 2 aromatic heterocycles. The first-order chi connectivity index (χ1) is 11.6. The fourth-order valence-electron chi connectivity index (χ4n) is 3.17. The van der Waals surface area contributed by atoms with Crippen molar-refractivity contribution >= 4 is 41.5 Å². The van der Waals surface area contributed by atoms with Crippen molar-refractivity contribution in [3.8, 4) is 5.69 Å². The maximum absolute atomic E-state index is 12.7. The second-order valence-corrected chi connectivity index (χ2v) is 6.11. The summed E-state index contributed by atoms with van der Waals surface area (Å²) < 4.78 is 1.71. The topological polar surface area (TPSA) is 89.9 Å². The van der Waals surface area contributed by atoms with Crippen molar-refractivity contribution in [3.05, 3.63) is 48.0 Å². The zero-order chi connectivity index (χ0) is 16.7. The number of fused-ring (bicyclic) bond motifs is 1. The first-order valence-electron chi connectivity index (χ1n) is 7.95. The van der Waals surface area contributed by atoms with Crippen molar-refractivity contribution in [2.75, 3.05) is 13.1 Å². The van der Waals surface area contributed by atoms with Gasteiger partial charge in [0.2, 0.25) is 0 Å². The van der Waals surface area contributed by atoms with E-state index < -0.39 is 0 Å². The molecule has 0 aliphatic carbocycles. The first kappa shape index (κ1) is 20.1. The smallest absolute Gasteiger partial charge is 0.276 e. The SMILES string of the molecule is Cc1c(C(=O)N2CC[C@@H](N)C2)nnn1-c1cccc2cnccc12.Cl.Cl. The number of likely N-dealkylation sites (tertiary alicyclic amines) is 1. The van der Waals surface area contributed by atoms with Crippen LogP contribution in [0.15, 0.2) is 36.7 Å². The van der Waals surface area contributed by atoms with Crippen LogP contribution in [-0.4, -0.2) is 49.9 Å². The van der Waals surface area contributed by atoms with Gasteiger partial charge in [-0.15, -0.1) is 29.9 Å². The van der Waals surface area contributed by atoms with E-state index in [-0.39, 0.29) is 36.8 Å². The number of aromatic nitrogens is 4. The van der Waals surface area contributed by atoms with Crippen LogP contribution in [0.25, 0.3) is 16.5 Å². The molecule has 0 radical (unpaired) electrons. The molecule has 0 unspecified atom stereocenters. The fraction of sp³-hybridized carbons (Fsp3) is 0.294. The van der Waals surface area contributed by atoms with Crippen molar-refractivity contribution in [3.63, 3.8) is 0 Å². The standard InChI is InChI=1S/C17H18N6O.2ClH/c1-11-16(17(24)22-8-6-13(18)10-22)20-21-23(11)15-4-2-3-12-9-19-7-5-14(12)15;;/h2-5,7,9,13H,6,8,10,18H2,1H3;2*1H/t13-;;/m1../s1. The van der Waals surface area contributed by atoms with Crippen LogP contribution in [-0.2, 0) is 0 Å². The molecule has 1 atom stereocenters. The average molecular weight is 395 g/mol. The third-order valence-corrected chi connectivity index (χ3v) is 4.49. The van der Waals surface area contributed by atoms with Crippen molar-refractivity contribution in [2.45, 2.75) is 19.4 Å². The molecule has 4 rings (SSSR count). The van der Waals surface area contributed by atoms with Gasteiger partial charge in [0.05, 0.1) is 11.4 Å². The summed E-state index contributed by atoms with van der Waals surface area (Å²) in [5.74, 6) is -0.103. The summed E-state index contributed by atoms with van der Waals surface area (Å²) in [6, 6.07) is 7.89. The van der Waals surface area contributed by atoms with Gasteiger partial charge in [0, 0.05) is 42.3 Å². The van der Waals surface area contributed by atoms with Crippen LogP contribution in [0.4, 0.5) is 0 Å². The maximum Gasteiger partial charge on any atom is 0.276 e. The summed E-state index contributed by atoms with van der Waals surface area (Å²) in [6.45, 7) is 3.11. The van der Waals surface area contributed by atoms with Crippen LogP contribution in [0.3, 0.4) is 0 Å². The predicted octanol–water partition coefficient (Wildman–Crippen LogP) is 2.14. The highest BCUT2D eigenvalue weighted by atomic mass is 35.5. The molecule has 3 heterocycles. The van der Waals surface area contributed by atoms with Gasteiger partial charge < -0.3 is 10.6 Å². The number of halogens is 2. The van der Waals surface area contributed by atoms with Crippen molar-refractivity contribution < 1.29 is 4.79 Å². The molecular weight excluding hydrogens is 375 g/mol. The van der Waals surface area contributed by atoms with Crippen molar-refractivity contribution in [1.82, 2.24) is 24.9 Å². The normalized spacial score (nSPS) is 16.2. The minimum Gasteiger partial charge on any atom is -0.336 e. The molecule has 1 amide bonds. The molecule has 26 heavy (non-hydrogen) atoms. The lowest BCUT2D eigenvalue weighted by Crippen LogP contribution is -2.32. The number of pyridine rings is 1. The Kier molecular flexibility index (Phi) is 6.17. The van der Waals surface area contributed by atoms with Crippen molar-refractivity contribution in [1.29, 1.82) is 0 Å². The average Bonchev–Trinajstić information content (AvgIpc) is 3.20. The molecule has 1 aliphatic heterocycles. The Bertz CT molecular complexity index is 923. The van der Waals surface area contributed by atoms with E-state index in [1.54, 1.807) is 15.8 Å². The summed E-state index contributed by atoms with van der Waals surface area (Å²) >= 11 is 0. The lowest BCUT2D eigenvalue weighted by molar-refractivity contribution is 0.0784. The highest BCUT2D eigenvalue weighted by Gasteiger charge is 2.28. The molecule has 1 saturated heterocycles. The molecule has 1 aromatic carbocycles. The largest absolute Gasteiger partial charge is 0.336 e. The maximum atomic E-state index is 12.7. The molecule has 3 aromatic rings. The highest BCUT2D eigenvalue weighted by molar-refractivity contribution is 5.94. The van der Waals surface area contributed by atoms with Crippen molar-refractivity contribution in [2.24, 2.45) is 5.73 Å². The van der Waals surface area contributed by atoms with Crippen LogP contribution in [0.5, 0.6) is 0 Å². The lowest BCUT2D eigenvalue weighted by Gasteiger charge is -2.14. The van der Waals surface area contributed by atoms with Crippen LogP contribution in [0.2, 0.25) is 0 Å². The molecule has 138 valence electrons. The van der Waals surface area contributed by atoms with E-state index in [1.165, 1.54) is 0 Å². The number of nitrogens with zero attached hydrogens (tertiary/aromatic N) is 5. The Hall–Kier alpha value is -2.22. The van der Waals surface area contributed by atoms with Gasteiger partial charge >= 0.3 is 0 Å². The molecule has 1 fully saturated rings. The second kappa shape index (κ2) is 7.99. The quantitative estimate of drug-likeness (QED) is 0.718. The van der Waals surface area contributed by atoms with Gasteiger partial charge in [-0.2, -0.15) is 0 Å². The molecule has 0 spiro atoms. The molecule has 2 N–H and O–H groups in total. The summed E-state index contributed by atoms with van der Waals surface area (Å²) in [6.07, 6.45) is 4.38. The Morgan fingerprint density at radius 1 is 1.27 bits per heavy atom. The van der Waals surface area contributed by atoms with Crippen LogP contribution >= 0.6 is 24.8 Å². The molecular formula is C17H20Cl2N6O. The molecule has 0 bridgehead atoms. The number of amides is 1. The zero-order valence-electron chi connectivity index (χ0n) is 14.2. The Balaban J connectivity index is 0.00000121. The van der Waals surface area contributed by atoms with E-state index in [0.29, 0.717) is 18.8 Å². The van der Waals surface area contributed by atoms with Gasteiger partial charge in [-0.25, -0.2) is 4.68 Å². The molecule has 9 heteroatoms. The zero-order valence-corrected chi connectivity index (χ0v) is 15.8. The number of benzene rings is 1. The summed E-state index contributed by atoms with van der Waals surface area (Å²) in [7, 11) is 0. The van der Waals surface area contributed by atoms with E-state index in [4.69, 9.17) is 5.73 Å². The van der Waals surface area contributed by atoms with Gasteiger partial charge in [0.15, 0.2) is 5.69 Å². The Labute approximate surface area is 163 Å². The number of rotatable bonds is 2. The fourth-order valence-corrected chi connectivity index (χ4v) is 3.17. The number of nitrogens with two attached hydrogens (primary N) is 1. The summed E-state index contributed by atoms with van der Waals surface area (Å²) in [4.78, 5) is 18.6. The number of carbonyl (C=O) groups is 1. The third-order valence-electron chi connectivity index (χ3n) is 4.49. The van der Waals surface area contributed by atoms with E-state index in [9.17, 15) is 4.79 Å². The molecule has 0 saturated carbocycles. The van der Waals surface area contributed by atoms with Gasteiger partial charge in [0.25, 0.3) is 5.91 Å². The second-order valence-electron chi connectivity index (χ2n) is 6.11. The van der Waals surface area contributed by atoms with Crippen LogP contribution < -0.4 is 5.73 Å². The van der Waals surface area contributed by atoms with E-state index in [1.807, 2.05) is 37.4 Å². The molecule has 1 aliphatic rings. The summed E-state index contributed by atoms with van der Waals surface area (Å²) in [5.41, 5.74) is 7.89. The predicted molar refractivity (Wildman–Crippen MR) is 104 cm³/mol. The first-order valence-corrected chi connectivity index (χ1v) is 7.95. The minimum atomic E-state index is -0.103. The monoisotopic (exact) mass is 394 g/mol. The number of carbonyl (C=O) groups excluding carboxylic acids is 1. The van der Waals surface area contributed by atoms with E-state index >= 15 is 0 Å². The lowest BCUT2D eigenvalue weighted by atomic mass is 10.1. The minimum absolute atomic E-state index is 0. The summed E-state index contributed by atoms with van der Waals surface area (Å²) in [5, 5.41) is 10.4. The number of hydrogen-bond donors (Lipinski definition) is 1. The van der Waals surface area contributed by atoms with Gasteiger partial charge in [-0.05, 0) is 25.5 Å². The highest BCUT2D eigenvalue weighted by Crippen LogP contribution is 2.23. The Morgan fingerprint density at radius 3 is 2.81 bits per heavy atom. The van der Waals surface area contributed by atoms with Crippen LogP contribution in [0.1, 0.15) is 22.6 Å². The van der Waals surface area contributed by atoms with Gasteiger partial charge in [0.1, 0.15) is 0 Å². The molecule has 7 nitrogen and oxygen atoms in total. The third kappa shape index (κ3) is 3.38. The van der Waals surface area contributed by atoms with Crippen LogP contribution in [0, 0.1) is 6.92 Å². The van der Waals surface area contributed by atoms with Gasteiger partial charge in [-0.3, -0.25) is 9.78 Å². The number of hydrogen-bond acceptors (Lipinski definition) is 5. The van der Waals surface area contributed by atoms with E-state index in [0.717, 1.165) is 28.6 Å². The van der Waals surface area contributed by atoms with E-state index in [2.05, 4.69) is 15.3 Å². The Morgan fingerprint density at radius 2 is 2.08 bits per heavy atom.